The topological polar surface area (TPSA) is 86.2 Å². The second-order valence-corrected chi connectivity index (χ2v) is 5.28. The van der Waals surface area contributed by atoms with Crippen LogP contribution in [0.15, 0.2) is 11.1 Å². The van der Waals surface area contributed by atoms with Crippen molar-refractivity contribution in [2.24, 2.45) is 46.0 Å². The normalized spacial score (nSPS) is 66.6. The van der Waals surface area contributed by atoms with Gasteiger partial charge in [-0.05, 0) is 17.4 Å². The molecule has 0 aliphatic heterocycles. The van der Waals surface area contributed by atoms with Gasteiger partial charge in [-0.15, -0.1) is 0 Å². The molecule has 0 aromatic heterocycles. The van der Waals surface area contributed by atoms with Crippen LogP contribution in [-0.2, 0) is 9.59 Å². The molecule has 6 unspecified atom stereocenters. The Morgan fingerprint density at radius 3 is 2.21 bits per heavy atom. The van der Waals surface area contributed by atoms with Crippen LogP contribution in [0.3, 0.4) is 0 Å². The highest BCUT2D eigenvalue weighted by Crippen LogP contribution is 3.07. The predicted octanol–water partition coefficient (Wildman–Crippen LogP) is -1.24. The van der Waals surface area contributed by atoms with Gasteiger partial charge in [0.2, 0.25) is 11.8 Å². The number of carbonyl (C=O) groups is 2. The zero-order valence-corrected chi connectivity index (χ0v) is 7.28. The van der Waals surface area contributed by atoms with E-state index in [4.69, 9.17) is 11.5 Å². The van der Waals surface area contributed by atoms with E-state index in [1.807, 2.05) is 0 Å². The van der Waals surface area contributed by atoms with Crippen LogP contribution in [0, 0.1) is 34.5 Å². The SMILES string of the molecule is NC(=O)C12C3=C4C5C3C1(C(N)=O)C5C42. The molecule has 4 saturated carbocycles. The minimum Gasteiger partial charge on any atom is -0.369 e. The standard InChI is InChI=1S/C10H8N2O2/c11-7(13)9-3-1-2-5(3)10(9,8(12)14)6(2)4(1)9/h1,3-5H,(H2,11,13)(H2,12,14). The Morgan fingerprint density at radius 2 is 1.86 bits per heavy atom. The summed E-state index contributed by atoms with van der Waals surface area (Å²) in [5.41, 5.74) is 12.5. The van der Waals surface area contributed by atoms with Crippen molar-refractivity contribution in [3.05, 3.63) is 11.1 Å². The maximum atomic E-state index is 11.5. The van der Waals surface area contributed by atoms with Crippen molar-refractivity contribution in [3.63, 3.8) is 0 Å². The summed E-state index contributed by atoms with van der Waals surface area (Å²) in [4.78, 5) is 23.0. The molecule has 2 amide bonds. The minimum absolute atomic E-state index is 0.290. The van der Waals surface area contributed by atoms with Crippen LogP contribution in [0.2, 0.25) is 0 Å². The Hall–Kier alpha value is -1.32. The average Bonchev–Trinajstić information content (AvgIpc) is 2.16. The Labute approximate surface area is 79.3 Å². The molecule has 6 aliphatic carbocycles. The van der Waals surface area contributed by atoms with Gasteiger partial charge in [0.15, 0.2) is 0 Å². The van der Waals surface area contributed by atoms with Crippen molar-refractivity contribution in [2.75, 3.05) is 0 Å². The molecule has 6 rings (SSSR count). The lowest BCUT2D eigenvalue weighted by atomic mass is 8.97. The Balaban J connectivity index is 1.85. The van der Waals surface area contributed by atoms with Crippen molar-refractivity contribution >= 4 is 11.8 Å². The van der Waals surface area contributed by atoms with E-state index < -0.39 is 10.8 Å². The largest absolute Gasteiger partial charge is 0.369 e. The molecule has 14 heavy (non-hydrogen) atoms. The van der Waals surface area contributed by atoms with Crippen molar-refractivity contribution in [1.29, 1.82) is 0 Å². The van der Waals surface area contributed by atoms with Crippen LogP contribution in [0.5, 0.6) is 0 Å². The van der Waals surface area contributed by atoms with E-state index >= 15 is 0 Å². The summed E-state index contributed by atoms with van der Waals surface area (Å²) in [7, 11) is 0. The second-order valence-electron chi connectivity index (χ2n) is 5.28. The van der Waals surface area contributed by atoms with Crippen LogP contribution in [-0.4, -0.2) is 11.8 Å². The summed E-state index contributed by atoms with van der Waals surface area (Å²) in [6.07, 6.45) is 0. The average molecular weight is 188 g/mol. The molecule has 70 valence electrons. The van der Waals surface area contributed by atoms with Gasteiger partial charge in [0.05, 0.1) is 10.8 Å². The number of primary amides is 2. The maximum absolute atomic E-state index is 11.5. The number of amides is 2. The third-order valence-electron chi connectivity index (χ3n) is 5.78. The van der Waals surface area contributed by atoms with Crippen LogP contribution < -0.4 is 11.5 Å². The molecule has 0 aromatic rings. The number of rotatable bonds is 2. The van der Waals surface area contributed by atoms with Gasteiger partial charge in [-0.1, -0.05) is 5.57 Å². The molecule has 4 heteroatoms. The van der Waals surface area contributed by atoms with Crippen LogP contribution >= 0.6 is 0 Å². The van der Waals surface area contributed by atoms with Gasteiger partial charge in [0.1, 0.15) is 0 Å². The van der Waals surface area contributed by atoms with Crippen LogP contribution in [0.25, 0.3) is 0 Å². The van der Waals surface area contributed by atoms with Gasteiger partial charge in [0, 0.05) is 11.8 Å². The van der Waals surface area contributed by atoms with Gasteiger partial charge in [-0.3, -0.25) is 9.59 Å². The lowest BCUT2D eigenvalue weighted by Gasteiger charge is -3.03. The lowest BCUT2D eigenvalue weighted by Crippen LogP contribution is -3.05. The van der Waals surface area contributed by atoms with E-state index in [2.05, 4.69) is 0 Å². The van der Waals surface area contributed by atoms with Crippen molar-refractivity contribution in [1.82, 2.24) is 0 Å². The quantitative estimate of drug-likeness (QED) is 0.531. The van der Waals surface area contributed by atoms with E-state index in [1.165, 1.54) is 11.1 Å². The fourth-order valence-electron chi connectivity index (χ4n) is 5.71. The fraction of sp³-hybridized carbons (Fsp3) is 0.600. The van der Waals surface area contributed by atoms with Crippen molar-refractivity contribution in [3.8, 4) is 0 Å². The molecule has 0 spiro atoms. The number of allylic oxidation sites excluding steroid dienone is 1. The first-order chi connectivity index (χ1) is 6.62. The van der Waals surface area contributed by atoms with Gasteiger partial charge < -0.3 is 11.5 Å². The zero-order chi connectivity index (χ0) is 9.62. The Kier molecular flexibility index (Phi) is 0.492. The summed E-state index contributed by atoms with van der Waals surface area (Å²) in [5.74, 6) is 1.08. The zero-order valence-electron chi connectivity index (χ0n) is 7.28. The van der Waals surface area contributed by atoms with E-state index in [-0.39, 0.29) is 11.8 Å². The monoisotopic (exact) mass is 188 g/mol. The van der Waals surface area contributed by atoms with Gasteiger partial charge in [0.25, 0.3) is 0 Å². The third-order valence-corrected chi connectivity index (χ3v) is 5.78. The highest BCUT2D eigenvalue weighted by molar-refractivity contribution is 6.10. The summed E-state index contributed by atoms with van der Waals surface area (Å²) < 4.78 is 0. The summed E-state index contributed by atoms with van der Waals surface area (Å²) in [6, 6.07) is 0. The molecular weight excluding hydrogens is 180 g/mol. The van der Waals surface area contributed by atoms with Gasteiger partial charge in [-0.2, -0.15) is 0 Å². The number of carbonyl (C=O) groups excluding carboxylic acids is 2. The highest BCUT2D eigenvalue weighted by Gasteiger charge is 3.09. The van der Waals surface area contributed by atoms with Crippen molar-refractivity contribution in [2.45, 2.75) is 0 Å². The van der Waals surface area contributed by atoms with E-state index in [0.29, 0.717) is 23.7 Å². The molecule has 6 atom stereocenters. The fourth-order valence-corrected chi connectivity index (χ4v) is 5.71. The number of nitrogens with two attached hydrogens (primary N) is 2. The maximum Gasteiger partial charge on any atom is 0.229 e. The lowest BCUT2D eigenvalue weighted by molar-refractivity contribution is -0.419. The van der Waals surface area contributed by atoms with Crippen molar-refractivity contribution < 1.29 is 9.59 Å². The summed E-state index contributed by atoms with van der Waals surface area (Å²) in [5, 5.41) is 0. The smallest absolute Gasteiger partial charge is 0.229 e. The summed E-state index contributed by atoms with van der Waals surface area (Å²) >= 11 is 0. The molecule has 4 N–H and O–H groups in total. The first kappa shape index (κ1) is 6.22. The van der Waals surface area contributed by atoms with E-state index in [1.54, 1.807) is 0 Å². The molecule has 0 aromatic carbocycles. The highest BCUT2D eigenvalue weighted by atomic mass is 16.2. The second kappa shape index (κ2) is 1.11. The Bertz CT molecular complexity index is 522. The first-order valence-electron chi connectivity index (χ1n) is 4.97. The molecule has 0 radical (unpaired) electrons. The molecule has 0 saturated heterocycles. The molecular formula is C10H8N2O2. The van der Waals surface area contributed by atoms with E-state index in [9.17, 15) is 9.59 Å². The molecule has 6 aliphatic rings. The Morgan fingerprint density at radius 1 is 1.14 bits per heavy atom. The number of hydrogen-bond acceptors (Lipinski definition) is 2. The molecule has 0 heterocycles. The summed E-state index contributed by atoms with van der Waals surface area (Å²) in [6.45, 7) is 0. The van der Waals surface area contributed by atoms with Crippen LogP contribution in [0.4, 0.5) is 0 Å². The molecule has 4 nitrogen and oxygen atoms in total. The van der Waals surface area contributed by atoms with Crippen LogP contribution in [0.1, 0.15) is 0 Å². The van der Waals surface area contributed by atoms with Gasteiger partial charge in [-0.25, -0.2) is 0 Å². The molecule has 0 bridgehead atoms. The first-order valence-corrected chi connectivity index (χ1v) is 4.97. The van der Waals surface area contributed by atoms with Gasteiger partial charge >= 0.3 is 0 Å². The minimum atomic E-state index is -0.571. The van der Waals surface area contributed by atoms with E-state index in [0.717, 1.165) is 0 Å². The third kappa shape index (κ3) is 0.195. The molecule has 4 fully saturated rings. The predicted molar refractivity (Wildman–Crippen MR) is 44.2 cm³/mol. The number of hydrogen-bond donors (Lipinski definition) is 2.